The summed E-state index contributed by atoms with van der Waals surface area (Å²) in [5.74, 6) is 0.581. The minimum atomic E-state index is -0.630. The van der Waals surface area contributed by atoms with Crippen molar-refractivity contribution in [1.82, 2.24) is 14.9 Å². The summed E-state index contributed by atoms with van der Waals surface area (Å²) in [7, 11) is 0. The number of anilines is 1. The number of alkyl halides is 1. The third-order valence-corrected chi connectivity index (χ3v) is 6.02. The minimum absolute atomic E-state index is 0.0805. The fraction of sp³-hybridized carbons (Fsp3) is 0.522. The van der Waals surface area contributed by atoms with Gasteiger partial charge in [0, 0.05) is 17.1 Å². The first-order valence-corrected chi connectivity index (χ1v) is 12.0. The number of aliphatic hydroxyl groups is 1. The number of likely N-dealkylation sites (tertiary alicyclic amines) is 1. The summed E-state index contributed by atoms with van der Waals surface area (Å²) < 4.78 is 23.5. The van der Waals surface area contributed by atoms with Crippen molar-refractivity contribution in [2.45, 2.75) is 38.8 Å². The third-order valence-electron chi connectivity index (χ3n) is 5.47. The first-order valence-electron chi connectivity index (χ1n) is 11.2. The maximum absolute atomic E-state index is 12.8. The Morgan fingerprint density at radius 2 is 1.97 bits per heavy atom. The number of nitrogens with one attached hydrogen (secondary N) is 1. The fourth-order valence-corrected chi connectivity index (χ4v) is 4.33. The summed E-state index contributed by atoms with van der Waals surface area (Å²) in [5, 5.41) is 13.3. The van der Waals surface area contributed by atoms with Gasteiger partial charge in [0.05, 0.1) is 54.0 Å². The molecule has 1 aliphatic rings. The molecule has 1 saturated heterocycles. The summed E-state index contributed by atoms with van der Waals surface area (Å²) in [5.41, 5.74) is 2.92. The molecule has 0 aliphatic carbocycles. The zero-order chi connectivity index (χ0) is 24.7. The Labute approximate surface area is 208 Å². The van der Waals surface area contributed by atoms with Gasteiger partial charge >= 0.3 is 6.09 Å². The Hall–Kier alpha value is -2.20. The number of benzene rings is 1. The summed E-state index contributed by atoms with van der Waals surface area (Å²) in [6, 6.07) is 4.92. The normalized spacial score (nSPS) is 17.8. The number of nitrogens with zero attached hydrogens (tertiary/aromatic N) is 3. The maximum Gasteiger partial charge on any atom is 0.410 e. The smallest absolute Gasteiger partial charge is 0.410 e. The van der Waals surface area contributed by atoms with Crippen molar-refractivity contribution in [1.29, 1.82) is 0 Å². The molecule has 2 N–H and O–H groups in total. The van der Waals surface area contributed by atoms with Gasteiger partial charge in [0.2, 0.25) is 0 Å². The van der Waals surface area contributed by atoms with E-state index in [0.29, 0.717) is 34.4 Å². The molecule has 0 unspecified atom stereocenters. The van der Waals surface area contributed by atoms with E-state index in [9.17, 15) is 9.18 Å². The van der Waals surface area contributed by atoms with E-state index in [2.05, 4.69) is 5.32 Å². The Balaban J connectivity index is 1.89. The van der Waals surface area contributed by atoms with E-state index in [0.717, 1.165) is 17.0 Å². The number of hydrogen-bond donors (Lipinski definition) is 2. The fourth-order valence-electron chi connectivity index (χ4n) is 3.84. The van der Waals surface area contributed by atoms with E-state index in [4.69, 9.17) is 47.8 Å². The highest BCUT2D eigenvalue weighted by atomic mass is 35.5. The van der Waals surface area contributed by atoms with Crippen molar-refractivity contribution in [3.05, 3.63) is 39.6 Å². The average molecular weight is 515 g/mol. The number of ether oxygens (including phenoxy) is 2. The van der Waals surface area contributed by atoms with Gasteiger partial charge in [0.25, 0.3) is 0 Å². The SMILES string of the molecule is CCc1nc(-c2ccc(Cl)cc2Cl)c(CC)nc1N[C@@H]1CN(C(=O)OCCO)C[C@@H]1OCCF. The second kappa shape index (κ2) is 12.5. The van der Waals surface area contributed by atoms with Crippen LogP contribution in [0.15, 0.2) is 18.2 Å². The lowest BCUT2D eigenvalue weighted by atomic mass is 10.1. The van der Waals surface area contributed by atoms with Crippen LogP contribution in [0, 0.1) is 0 Å². The van der Waals surface area contributed by atoms with Gasteiger partial charge in [-0.2, -0.15) is 0 Å². The highest BCUT2D eigenvalue weighted by molar-refractivity contribution is 6.36. The van der Waals surface area contributed by atoms with Gasteiger partial charge in [-0.25, -0.2) is 19.2 Å². The first kappa shape index (κ1) is 26.4. The molecule has 0 spiro atoms. The van der Waals surface area contributed by atoms with Gasteiger partial charge in [-0.05, 0) is 31.0 Å². The molecule has 11 heteroatoms. The highest BCUT2D eigenvalue weighted by Crippen LogP contribution is 2.33. The molecule has 0 radical (unpaired) electrons. The Morgan fingerprint density at radius 1 is 1.21 bits per heavy atom. The van der Waals surface area contributed by atoms with Gasteiger partial charge in [-0.15, -0.1) is 0 Å². The van der Waals surface area contributed by atoms with Crippen LogP contribution in [0.5, 0.6) is 0 Å². The zero-order valence-corrected chi connectivity index (χ0v) is 20.7. The molecular weight excluding hydrogens is 486 g/mol. The molecule has 2 heterocycles. The van der Waals surface area contributed by atoms with Gasteiger partial charge in [0.1, 0.15) is 19.1 Å². The van der Waals surface area contributed by atoms with Crippen molar-refractivity contribution in [3.63, 3.8) is 0 Å². The van der Waals surface area contributed by atoms with Crippen LogP contribution >= 0.6 is 23.2 Å². The van der Waals surface area contributed by atoms with Gasteiger partial charge < -0.3 is 24.8 Å². The minimum Gasteiger partial charge on any atom is -0.447 e. The Morgan fingerprint density at radius 3 is 2.62 bits per heavy atom. The van der Waals surface area contributed by atoms with Crippen LogP contribution in [0.3, 0.4) is 0 Å². The maximum atomic E-state index is 12.8. The van der Waals surface area contributed by atoms with E-state index >= 15 is 0 Å². The molecule has 3 rings (SSSR count). The number of aryl methyl sites for hydroxylation is 2. The molecule has 2 aromatic rings. The predicted molar refractivity (Wildman–Crippen MR) is 129 cm³/mol. The van der Waals surface area contributed by atoms with E-state index < -0.39 is 18.9 Å². The van der Waals surface area contributed by atoms with Crippen molar-refractivity contribution < 1.29 is 23.8 Å². The number of halogens is 3. The van der Waals surface area contributed by atoms with Gasteiger partial charge in [0.15, 0.2) is 0 Å². The lowest BCUT2D eigenvalue weighted by Crippen LogP contribution is -2.36. The second-order valence-corrected chi connectivity index (χ2v) is 8.58. The molecule has 1 amide bonds. The van der Waals surface area contributed by atoms with Crippen LogP contribution in [-0.2, 0) is 22.3 Å². The van der Waals surface area contributed by atoms with Gasteiger partial charge in [-0.1, -0.05) is 37.0 Å². The molecule has 186 valence electrons. The molecule has 34 heavy (non-hydrogen) atoms. The molecule has 1 aliphatic heterocycles. The summed E-state index contributed by atoms with van der Waals surface area (Å²) in [6.07, 6.45) is 0.199. The van der Waals surface area contributed by atoms with Crippen molar-refractivity contribution in [2.24, 2.45) is 0 Å². The van der Waals surface area contributed by atoms with Crippen LogP contribution in [0.4, 0.5) is 15.0 Å². The Kier molecular flexibility index (Phi) is 9.70. The first-order chi connectivity index (χ1) is 16.4. The van der Waals surface area contributed by atoms with E-state index in [1.165, 1.54) is 4.90 Å². The molecule has 1 aromatic heterocycles. The molecule has 1 fully saturated rings. The lowest BCUT2D eigenvalue weighted by molar-refractivity contribution is 0.0416. The van der Waals surface area contributed by atoms with Crippen molar-refractivity contribution in [3.8, 4) is 11.3 Å². The standard InChI is InChI=1S/C23H29Cl2FN4O4/c1-3-17-21(15-6-5-14(24)11-16(15)25)27-18(4-2)22(28-17)29-19-12-30(23(32)34-10-8-31)13-20(19)33-9-7-26/h5-6,11,19-20,31H,3-4,7-10,12-13H2,1-2H3,(H,28,29)/t19-,20+/m1/s1. The van der Waals surface area contributed by atoms with Gasteiger partial charge in [-0.3, -0.25) is 0 Å². The van der Waals surface area contributed by atoms with E-state index in [1.54, 1.807) is 12.1 Å². The highest BCUT2D eigenvalue weighted by Gasteiger charge is 2.37. The summed E-state index contributed by atoms with van der Waals surface area (Å²) in [6.45, 7) is 3.39. The van der Waals surface area contributed by atoms with Crippen molar-refractivity contribution in [2.75, 3.05) is 44.9 Å². The zero-order valence-electron chi connectivity index (χ0n) is 19.2. The van der Waals surface area contributed by atoms with E-state index in [-0.39, 0.29) is 39.0 Å². The molecule has 8 nitrogen and oxygen atoms in total. The molecule has 2 atom stereocenters. The summed E-state index contributed by atoms with van der Waals surface area (Å²) in [4.78, 5) is 23.5. The van der Waals surface area contributed by atoms with Crippen LogP contribution < -0.4 is 5.32 Å². The Bertz CT molecular complexity index is 998. The van der Waals surface area contributed by atoms with Crippen molar-refractivity contribution >= 4 is 35.1 Å². The number of amides is 1. The lowest BCUT2D eigenvalue weighted by Gasteiger charge is -2.22. The van der Waals surface area contributed by atoms with Crippen LogP contribution in [0.1, 0.15) is 25.2 Å². The number of aromatic nitrogens is 2. The molecule has 1 aromatic carbocycles. The largest absolute Gasteiger partial charge is 0.447 e. The van der Waals surface area contributed by atoms with Crippen LogP contribution in [0.25, 0.3) is 11.3 Å². The molecular formula is C23H29Cl2FN4O4. The van der Waals surface area contributed by atoms with Crippen LogP contribution in [0.2, 0.25) is 10.0 Å². The third kappa shape index (κ3) is 6.27. The molecule has 0 saturated carbocycles. The number of carbonyl (C=O) groups is 1. The quantitative estimate of drug-likeness (QED) is 0.491. The van der Waals surface area contributed by atoms with E-state index in [1.807, 2.05) is 19.9 Å². The number of rotatable bonds is 10. The predicted octanol–water partition coefficient (Wildman–Crippen LogP) is 4.15. The monoisotopic (exact) mass is 514 g/mol. The second-order valence-electron chi connectivity index (χ2n) is 7.74. The number of carbonyl (C=O) groups excluding carboxylic acids is 1. The molecule has 0 bridgehead atoms. The number of aliphatic hydroxyl groups excluding tert-OH is 1. The average Bonchev–Trinajstić information content (AvgIpc) is 3.23. The van der Waals surface area contributed by atoms with Crippen LogP contribution in [-0.4, -0.2) is 77.8 Å². The summed E-state index contributed by atoms with van der Waals surface area (Å²) >= 11 is 12.5. The topological polar surface area (TPSA) is 96.8 Å². The number of hydrogen-bond acceptors (Lipinski definition) is 7.